The van der Waals surface area contributed by atoms with E-state index < -0.39 is 5.92 Å². The third kappa shape index (κ3) is 3.25. The van der Waals surface area contributed by atoms with Gasteiger partial charge in [0.15, 0.2) is 0 Å². The molecule has 0 radical (unpaired) electrons. The summed E-state index contributed by atoms with van der Waals surface area (Å²) in [5.74, 6) is -2.45. The van der Waals surface area contributed by atoms with E-state index in [1.54, 1.807) is 0 Å². The second-order valence-electron chi connectivity index (χ2n) is 4.99. The van der Waals surface area contributed by atoms with Crippen molar-refractivity contribution in [2.75, 3.05) is 6.61 Å². The summed E-state index contributed by atoms with van der Waals surface area (Å²) < 4.78 is 26.2. The number of benzene rings is 1. The van der Waals surface area contributed by atoms with Crippen LogP contribution >= 0.6 is 0 Å². The summed E-state index contributed by atoms with van der Waals surface area (Å²) in [4.78, 5) is 0. The highest BCUT2D eigenvalue weighted by Crippen LogP contribution is 2.42. The number of hydrogen-bond acceptors (Lipinski definition) is 1. The Morgan fingerprint density at radius 2 is 2.00 bits per heavy atom. The fourth-order valence-electron chi connectivity index (χ4n) is 2.69. The zero-order valence-electron chi connectivity index (χ0n) is 9.78. The van der Waals surface area contributed by atoms with E-state index >= 15 is 0 Å². The predicted octanol–water partition coefficient (Wildman–Crippen LogP) is 3.59. The highest BCUT2D eigenvalue weighted by molar-refractivity contribution is 5.19. The minimum atomic E-state index is -2.48. The molecule has 3 heteroatoms. The van der Waals surface area contributed by atoms with Crippen molar-refractivity contribution >= 4 is 0 Å². The summed E-state index contributed by atoms with van der Waals surface area (Å²) in [6, 6.07) is 9.66. The van der Waals surface area contributed by atoms with Crippen LogP contribution in [-0.4, -0.2) is 17.6 Å². The van der Waals surface area contributed by atoms with Crippen molar-refractivity contribution in [2.24, 2.45) is 5.92 Å². The van der Waals surface area contributed by atoms with Crippen LogP contribution in [0.4, 0.5) is 8.78 Å². The van der Waals surface area contributed by atoms with Gasteiger partial charge in [0.1, 0.15) is 0 Å². The number of aliphatic hydroxyl groups excluding tert-OH is 1. The number of halogens is 2. The van der Waals surface area contributed by atoms with E-state index in [4.69, 9.17) is 0 Å². The lowest BCUT2D eigenvalue weighted by molar-refractivity contribution is 0.00416. The minimum absolute atomic E-state index is 0.00454. The molecule has 0 bridgehead atoms. The van der Waals surface area contributed by atoms with Crippen molar-refractivity contribution < 1.29 is 13.9 Å². The Morgan fingerprint density at radius 1 is 1.29 bits per heavy atom. The molecule has 2 unspecified atom stereocenters. The largest absolute Gasteiger partial charge is 0.396 e. The van der Waals surface area contributed by atoms with Crippen LogP contribution in [0, 0.1) is 5.92 Å². The van der Waals surface area contributed by atoms with E-state index in [-0.39, 0.29) is 31.3 Å². The average molecular weight is 240 g/mol. The van der Waals surface area contributed by atoms with E-state index in [0.717, 1.165) is 5.56 Å². The first-order chi connectivity index (χ1) is 8.11. The molecule has 2 atom stereocenters. The maximum absolute atomic E-state index is 13.1. The van der Waals surface area contributed by atoms with Crippen molar-refractivity contribution in [1.29, 1.82) is 0 Å². The van der Waals surface area contributed by atoms with Gasteiger partial charge in [0.25, 0.3) is 0 Å². The van der Waals surface area contributed by atoms with E-state index in [2.05, 4.69) is 0 Å². The molecule has 0 heterocycles. The third-order valence-electron chi connectivity index (χ3n) is 3.61. The topological polar surface area (TPSA) is 20.2 Å². The van der Waals surface area contributed by atoms with Crippen molar-refractivity contribution in [3.63, 3.8) is 0 Å². The summed E-state index contributed by atoms with van der Waals surface area (Å²) in [7, 11) is 0. The molecule has 2 rings (SSSR count). The second-order valence-corrected chi connectivity index (χ2v) is 4.99. The molecule has 1 aliphatic carbocycles. The number of hydrogen-bond donors (Lipinski definition) is 1. The smallest absolute Gasteiger partial charge is 0.248 e. The van der Waals surface area contributed by atoms with Crippen LogP contribution in [0.15, 0.2) is 30.3 Å². The monoisotopic (exact) mass is 240 g/mol. The van der Waals surface area contributed by atoms with Crippen LogP contribution < -0.4 is 0 Å². The van der Waals surface area contributed by atoms with Gasteiger partial charge in [-0.3, -0.25) is 0 Å². The Bertz CT molecular complexity index is 350. The van der Waals surface area contributed by atoms with Crippen molar-refractivity contribution in [3.8, 4) is 0 Å². The lowest BCUT2D eigenvalue weighted by atomic mass is 9.88. The summed E-state index contributed by atoms with van der Waals surface area (Å²) in [5, 5.41) is 9.38. The Balaban J connectivity index is 1.97. The maximum atomic E-state index is 13.1. The van der Waals surface area contributed by atoms with Gasteiger partial charge in [-0.1, -0.05) is 30.3 Å². The zero-order chi connectivity index (χ0) is 12.3. The molecule has 1 aliphatic rings. The lowest BCUT2D eigenvalue weighted by Gasteiger charge is -2.19. The minimum Gasteiger partial charge on any atom is -0.396 e. The van der Waals surface area contributed by atoms with Gasteiger partial charge in [-0.2, -0.15) is 0 Å². The van der Waals surface area contributed by atoms with Crippen molar-refractivity contribution in [3.05, 3.63) is 35.9 Å². The molecule has 0 spiro atoms. The first-order valence-electron chi connectivity index (χ1n) is 6.14. The summed E-state index contributed by atoms with van der Waals surface area (Å²) >= 11 is 0. The van der Waals surface area contributed by atoms with Gasteiger partial charge in [-0.25, -0.2) is 8.78 Å². The van der Waals surface area contributed by atoms with Gasteiger partial charge < -0.3 is 5.11 Å². The standard InChI is InChI=1S/C14H18F2O/c15-14(16)7-6-11(9-14)8-13(10-17)12-4-2-1-3-5-12/h1-5,11,13,17H,6-10H2. The SMILES string of the molecule is OCC(CC1CCC(F)(F)C1)c1ccccc1. The van der Waals surface area contributed by atoms with Gasteiger partial charge >= 0.3 is 0 Å². The van der Waals surface area contributed by atoms with Gasteiger partial charge in [0.05, 0.1) is 0 Å². The third-order valence-corrected chi connectivity index (χ3v) is 3.61. The first kappa shape index (κ1) is 12.5. The lowest BCUT2D eigenvalue weighted by Crippen LogP contribution is -2.13. The molecular formula is C14H18F2O. The van der Waals surface area contributed by atoms with Crippen LogP contribution in [-0.2, 0) is 0 Å². The molecule has 0 aliphatic heterocycles. The number of alkyl halides is 2. The predicted molar refractivity (Wildman–Crippen MR) is 63.2 cm³/mol. The molecule has 1 fully saturated rings. The van der Waals surface area contributed by atoms with Crippen LogP contribution in [0.2, 0.25) is 0 Å². The normalized spacial score (nSPS) is 24.8. The van der Waals surface area contributed by atoms with Gasteiger partial charge in [0, 0.05) is 25.4 Å². The van der Waals surface area contributed by atoms with E-state index in [1.807, 2.05) is 30.3 Å². The first-order valence-corrected chi connectivity index (χ1v) is 6.14. The van der Waals surface area contributed by atoms with Crippen LogP contribution in [0.25, 0.3) is 0 Å². The van der Waals surface area contributed by atoms with Crippen LogP contribution in [0.5, 0.6) is 0 Å². The van der Waals surface area contributed by atoms with Crippen LogP contribution in [0.3, 0.4) is 0 Å². The Labute approximate surface area is 100 Å². The van der Waals surface area contributed by atoms with Gasteiger partial charge in [-0.05, 0) is 24.3 Å². The average Bonchev–Trinajstić information content (AvgIpc) is 2.67. The second kappa shape index (κ2) is 5.13. The van der Waals surface area contributed by atoms with E-state index in [0.29, 0.717) is 12.8 Å². The Morgan fingerprint density at radius 3 is 2.53 bits per heavy atom. The zero-order valence-corrected chi connectivity index (χ0v) is 9.78. The molecule has 1 aromatic carbocycles. The van der Waals surface area contributed by atoms with Gasteiger partial charge in [-0.15, -0.1) is 0 Å². The Kier molecular flexibility index (Phi) is 3.77. The molecule has 94 valence electrons. The molecule has 0 amide bonds. The molecular weight excluding hydrogens is 222 g/mol. The summed E-state index contributed by atoms with van der Waals surface area (Å²) in [6.07, 6.45) is 1.23. The van der Waals surface area contributed by atoms with Crippen molar-refractivity contribution in [2.45, 2.75) is 37.5 Å². The molecule has 1 N–H and O–H groups in total. The van der Waals surface area contributed by atoms with Crippen molar-refractivity contribution in [1.82, 2.24) is 0 Å². The molecule has 0 aromatic heterocycles. The molecule has 1 aromatic rings. The van der Waals surface area contributed by atoms with Gasteiger partial charge in [0.2, 0.25) is 5.92 Å². The Hall–Kier alpha value is -0.960. The van der Waals surface area contributed by atoms with Crippen LogP contribution in [0.1, 0.15) is 37.2 Å². The molecule has 0 saturated heterocycles. The summed E-state index contributed by atoms with van der Waals surface area (Å²) in [5.41, 5.74) is 1.05. The quantitative estimate of drug-likeness (QED) is 0.852. The molecule has 1 nitrogen and oxygen atoms in total. The highest BCUT2D eigenvalue weighted by Gasteiger charge is 2.39. The molecule has 17 heavy (non-hydrogen) atoms. The number of rotatable bonds is 4. The fraction of sp³-hybridized carbons (Fsp3) is 0.571. The fourth-order valence-corrected chi connectivity index (χ4v) is 2.69. The maximum Gasteiger partial charge on any atom is 0.248 e. The van der Waals surface area contributed by atoms with E-state index in [1.165, 1.54) is 0 Å². The summed E-state index contributed by atoms with van der Waals surface area (Å²) in [6.45, 7) is 0.0338. The molecule has 1 saturated carbocycles. The number of aliphatic hydroxyl groups is 1. The van der Waals surface area contributed by atoms with E-state index in [9.17, 15) is 13.9 Å². The highest BCUT2D eigenvalue weighted by atomic mass is 19.3.